The van der Waals surface area contributed by atoms with Crippen LogP contribution < -0.4 is 10.2 Å². The number of halogens is 2. The summed E-state index contributed by atoms with van der Waals surface area (Å²) in [7, 11) is 0. The average Bonchev–Trinajstić information content (AvgIpc) is 3.44. The Bertz CT molecular complexity index is 1050. The van der Waals surface area contributed by atoms with E-state index in [0.29, 0.717) is 32.4 Å². The lowest BCUT2D eigenvalue weighted by atomic mass is 10.1. The largest absolute Gasteiger partial charge is 0.444 e. The van der Waals surface area contributed by atoms with Gasteiger partial charge in [0.1, 0.15) is 29.3 Å². The van der Waals surface area contributed by atoms with Gasteiger partial charge in [-0.3, -0.25) is 14.5 Å². The molecule has 3 unspecified atom stereocenters. The maximum Gasteiger partial charge on any atom is 0.408 e. The smallest absolute Gasteiger partial charge is 0.408 e. The number of alkyl carbamates (subject to hydrolysis) is 1. The molecule has 1 N–H and O–H groups in total. The Morgan fingerprint density at radius 1 is 1.26 bits per heavy atom. The summed E-state index contributed by atoms with van der Waals surface area (Å²) >= 11 is 0. The molecule has 35 heavy (non-hydrogen) atoms. The minimum atomic E-state index is -1.02. The van der Waals surface area contributed by atoms with Gasteiger partial charge in [0.2, 0.25) is 11.8 Å². The van der Waals surface area contributed by atoms with Crippen LogP contribution in [0.3, 0.4) is 0 Å². The number of hydrogen-bond acceptors (Lipinski definition) is 6. The van der Waals surface area contributed by atoms with E-state index in [9.17, 15) is 28.4 Å². The third-order valence-electron chi connectivity index (χ3n) is 6.49. The number of nitrogens with one attached hydrogen (secondary N) is 1. The highest BCUT2D eigenvalue weighted by Crippen LogP contribution is 2.36. The lowest BCUT2D eigenvalue weighted by molar-refractivity contribution is -0.135. The van der Waals surface area contributed by atoms with Crippen molar-refractivity contribution < 1.29 is 27.9 Å². The van der Waals surface area contributed by atoms with Gasteiger partial charge in [-0.15, -0.1) is 0 Å². The number of piperazine rings is 1. The molecule has 1 aromatic rings. The van der Waals surface area contributed by atoms with Crippen molar-refractivity contribution in [3.8, 4) is 6.07 Å². The van der Waals surface area contributed by atoms with E-state index < -0.39 is 47.4 Å². The number of nitriles is 1. The number of anilines is 1. The molecule has 3 aliphatic heterocycles. The summed E-state index contributed by atoms with van der Waals surface area (Å²) in [4.78, 5) is 43.6. The summed E-state index contributed by atoms with van der Waals surface area (Å²) in [6.07, 6.45) is 0.924. The zero-order valence-corrected chi connectivity index (χ0v) is 20.0. The van der Waals surface area contributed by atoms with Crippen molar-refractivity contribution in [1.29, 1.82) is 5.26 Å². The topological polar surface area (TPSA) is 106 Å². The number of rotatable bonds is 5. The molecule has 4 atom stereocenters. The van der Waals surface area contributed by atoms with Crippen LogP contribution in [0.2, 0.25) is 0 Å². The fraction of sp³-hybridized carbons (Fsp3) is 0.583. The predicted molar refractivity (Wildman–Crippen MR) is 121 cm³/mol. The van der Waals surface area contributed by atoms with Gasteiger partial charge >= 0.3 is 6.09 Å². The highest BCUT2D eigenvalue weighted by molar-refractivity contribution is 6.01. The number of amides is 3. The summed E-state index contributed by atoms with van der Waals surface area (Å²) in [5.74, 6) is -2.25. The van der Waals surface area contributed by atoms with Crippen molar-refractivity contribution in [3.63, 3.8) is 0 Å². The molecule has 2 bridgehead atoms. The Morgan fingerprint density at radius 3 is 2.54 bits per heavy atom. The Morgan fingerprint density at radius 2 is 1.94 bits per heavy atom. The summed E-state index contributed by atoms with van der Waals surface area (Å²) < 4.78 is 32.8. The van der Waals surface area contributed by atoms with Gasteiger partial charge in [0.25, 0.3) is 0 Å². The normalized spacial score (nSPS) is 25.0. The van der Waals surface area contributed by atoms with Crippen LogP contribution in [0.15, 0.2) is 18.2 Å². The van der Waals surface area contributed by atoms with Crippen LogP contribution in [-0.4, -0.2) is 77.1 Å². The van der Waals surface area contributed by atoms with E-state index in [0.717, 1.165) is 18.2 Å². The minimum absolute atomic E-state index is 0.0466. The van der Waals surface area contributed by atoms with Gasteiger partial charge in [0.05, 0.1) is 18.2 Å². The molecule has 3 saturated heterocycles. The van der Waals surface area contributed by atoms with Crippen molar-refractivity contribution >= 4 is 23.6 Å². The third-order valence-corrected chi connectivity index (χ3v) is 6.49. The second-order valence-corrected chi connectivity index (χ2v) is 10.2. The molecule has 188 valence electrons. The van der Waals surface area contributed by atoms with E-state index in [1.54, 1.807) is 25.7 Å². The first-order chi connectivity index (χ1) is 16.5. The highest BCUT2D eigenvalue weighted by atomic mass is 19.1. The van der Waals surface area contributed by atoms with Gasteiger partial charge in [-0.2, -0.15) is 5.26 Å². The van der Waals surface area contributed by atoms with Gasteiger partial charge in [0, 0.05) is 31.4 Å². The first-order valence-corrected chi connectivity index (χ1v) is 11.7. The van der Waals surface area contributed by atoms with Gasteiger partial charge in [0.15, 0.2) is 0 Å². The molecule has 11 heteroatoms. The van der Waals surface area contributed by atoms with Crippen LogP contribution in [-0.2, 0) is 14.3 Å². The number of nitrogens with zero attached hydrogens (tertiary/aromatic N) is 4. The molecule has 0 saturated carbocycles. The fourth-order valence-corrected chi connectivity index (χ4v) is 5.12. The lowest BCUT2D eigenvalue weighted by Crippen LogP contribution is -2.59. The molecule has 4 rings (SSSR count). The number of benzene rings is 1. The number of ether oxygens (including phenoxy) is 1. The lowest BCUT2D eigenvalue weighted by Gasteiger charge is -2.36. The number of likely N-dealkylation sites (tertiary alicyclic amines) is 2. The SMILES string of the molecule is CC(C)(C)OC(=O)NC(CN1C[C@@H]2CC1C(=O)N2c1cc(F)cc(F)c1)C(=O)N1CCCC1C#N. The van der Waals surface area contributed by atoms with E-state index >= 15 is 0 Å². The number of hydrogen-bond donors (Lipinski definition) is 1. The molecule has 9 nitrogen and oxygen atoms in total. The van der Waals surface area contributed by atoms with Crippen LogP contribution in [0.25, 0.3) is 0 Å². The predicted octanol–water partition coefficient (Wildman–Crippen LogP) is 2.16. The van der Waals surface area contributed by atoms with Crippen molar-refractivity contribution in [1.82, 2.24) is 15.1 Å². The Balaban J connectivity index is 1.50. The van der Waals surface area contributed by atoms with Gasteiger partial charge < -0.3 is 19.9 Å². The van der Waals surface area contributed by atoms with Crippen molar-refractivity contribution in [2.24, 2.45) is 0 Å². The standard InChI is InChI=1S/C24H29F2N5O4/c1-24(2,3)35-23(34)28-19(21(32)30-6-4-5-16(30)11-27)13-29-12-18-10-20(29)22(33)31(18)17-8-14(25)7-15(26)9-17/h7-9,16,18-20H,4-6,10,12-13H2,1-3H3,(H,28,34)/t16?,18-,19?,20?/m0/s1. The van der Waals surface area contributed by atoms with E-state index in [1.807, 2.05) is 0 Å². The van der Waals surface area contributed by atoms with E-state index in [-0.39, 0.29) is 24.2 Å². The first-order valence-electron chi connectivity index (χ1n) is 11.7. The molecule has 3 aliphatic rings. The summed E-state index contributed by atoms with van der Waals surface area (Å²) in [5, 5.41) is 12.0. The Labute approximate surface area is 202 Å². The van der Waals surface area contributed by atoms with Gasteiger partial charge in [-0.05, 0) is 52.2 Å². The second kappa shape index (κ2) is 9.41. The van der Waals surface area contributed by atoms with Crippen LogP contribution in [0.4, 0.5) is 19.3 Å². The molecular weight excluding hydrogens is 460 g/mol. The van der Waals surface area contributed by atoms with Gasteiger partial charge in [-0.25, -0.2) is 13.6 Å². The van der Waals surface area contributed by atoms with E-state index in [1.165, 1.54) is 9.80 Å². The molecule has 0 aliphatic carbocycles. The van der Waals surface area contributed by atoms with Crippen molar-refractivity contribution in [3.05, 3.63) is 29.8 Å². The maximum absolute atomic E-state index is 13.7. The number of fused-ring (bicyclic) bond motifs is 2. The molecule has 3 fully saturated rings. The zero-order chi connectivity index (χ0) is 25.5. The van der Waals surface area contributed by atoms with Crippen LogP contribution >= 0.6 is 0 Å². The van der Waals surface area contributed by atoms with E-state index in [2.05, 4.69) is 11.4 Å². The zero-order valence-electron chi connectivity index (χ0n) is 20.0. The number of carbonyl (C=O) groups is 3. The first kappa shape index (κ1) is 24.9. The van der Waals surface area contributed by atoms with E-state index in [4.69, 9.17) is 4.74 Å². The third kappa shape index (κ3) is 5.22. The summed E-state index contributed by atoms with van der Waals surface area (Å²) in [5.41, 5.74) is -0.614. The summed E-state index contributed by atoms with van der Waals surface area (Å²) in [6, 6.07) is 2.63. The van der Waals surface area contributed by atoms with Crippen molar-refractivity contribution in [2.75, 3.05) is 24.5 Å². The number of carbonyl (C=O) groups excluding carboxylic acids is 3. The van der Waals surface area contributed by atoms with Crippen LogP contribution in [0.1, 0.15) is 40.0 Å². The molecule has 0 aromatic heterocycles. The Kier molecular flexibility index (Phi) is 6.68. The molecule has 3 amide bonds. The quantitative estimate of drug-likeness (QED) is 0.680. The molecule has 0 spiro atoms. The van der Waals surface area contributed by atoms with Gasteiger partial charge in [-0.1, -0.05) is 0 Å². The maximum atomic E-state index is 13.7. The molecular formula is C24H29F2N5O4. The monoisotopic (exact) mass is 489 g/mol. The summed E-state index contributed by atoms with van der Waals surface area (Å²) in [6.45, 7) is 5.95. The van der Waals surface area contributed by atoms with Crippen LogP contribution in [0.5, 0.6) is 0 Å². The molecule has 3 heterocycles. The van der Waals surface area contributed by atoms with Crippen molar-refractivity contribution in [2.45, 2.75) is 69.8 Å². The molecule has 1 aromatic carbocycles. The Hall–Kier alpha value is -3.26. The highest BCUT2D eigenvalue weighted by Gasteiger charge is 2.51. The minimum Gasteiger partial charge on any atom is -0.444 e. The van der Waals surface area contributed by atoms with Crippen LogP contribution in [0, 0.1) is 23.0 Å². The average molecular weight is 490 g/mol. The fourth-order valence-electron chi connectivity index (χ4n) is 5.12. The second-order valence-electron chi connectivity index (χ2n) is 10.2. The molecule has 0 radical (unpaired) electrons.